The molecule has 0 saturated carbocycles. The van der Waals surface area contributed by atoms with E-state index in [1.165, 1.54) is 28.1 Å². The monoisotopic (exact) mass is 793 g/mol. The highest BCUT2D eigenvalue weighted by Crippen LogP contribution is 2.36. The number of aryl methyl sites for hydroxylation is 1. The second-order valence-electron chi connectivity index (χ2n) is 12.1. The Labute approximate surface area is 314 Å². The maximum absolute atomic E-state index is 14.0. The molecule has 0 spiro atoms. The molecule has 0 amide bonds. The van der Waals surface area contributed by atoms with Gasteiger partial charge in [0.15, 0.2) is 5.60 Å². The number of benzene rings is 3. The summed E-state index contributed by atoms with van der Waals surface area (Å²) in [5, 5.41) is 1.03. The molecule has 0 aliphatic carbocycles. The third-order valence-corrected chi connectivity index (χ3v) is 9.10. The Balaban J connectivity index is 1.93. The van der Waals surface area contributed by atoms with E-state index in [-0.39, 0.29) is 18.7 Å². The van der Waals surface area contributed by atoms with E-state index in [4.69, 9.17) is 39.4 Å². The predicted molar refractivity (Wildman–Crippen MR) is 193 cm³/mol. The predicted octanol–water partition coefficient (Wildman–Crippen LogP) is 3.94. The molecule has 0 aliphatic heterocycles. The van der Waals surface area contributed by atoms with E-state index in [2.05, 4.69) is 4.98 Å². The number of hydrazine groups is 1. The first-order valence-electron chi connectivity index (χ1n) is 16.5. The number of ether oxygens (including phenoxy) is 5. The summed E-state index contributed by atoms with van der Waals surface area (Å²) in [6.45, 7) is 1.04. The molecule has 0 aliphatic rings. The molecule has 19 heteroatoms. The number of methoxy groups -OCH3 is 2. The summed E-state index contributed by atoms with van der Waals surface area (Å²) < 4.78 is 102. The first kappa shape index (κ1) is 42.6. The SMILES string of the molecule is COc1ccc(CN(N)/C=C(\N)C(COCc2ccccc2)(OC(C)n2cc(C)c(=O)[nH]c2=O)C(OCc2ccccc2)OS(=O)(=O)C(F)(F)F)c(OC)c1. The summed E-state index contributed by atoms with van der Waals surface area (Å²) in [4.78, 5) is 27.3. The summed E-state index contributed by atoms with van der Waals surface area (Å²) in [5.74, 6) is 7.24. The summed E-state index contributed by atoms with van der Waals surface area (Å²) in [7, 11) is -3.56. The van der Waals surface area contributed by atoms with Crippen molar-refractivity contribution in [3.8, 4) is 11.5 Å². The standard InChI is InChI=1S/C36H42F3N5O10S/c1-24-18-44(34(46)42-32(24)45)25(2)53-35(23-51-21-26-11-7-5-8-12-26,31(40)20-43(41)19-28-15-16-29(49-3)17-30(28)50-4)33(54-55(47,48)36(37,38)39)52-22-27-13-9-6-10-14-27/h5-18,20,25,33H,19,21-23,40-41H2,1-4H3,(H,42,45,46)/b31-20-. The van der Waals surface area contributed by atoms with Crippen molar-refractivity contribution < 1.29 is 49.5 Å². The van der Waals surface area contributed by atoms with Gasteiger partial charge in [-0.2, -0.15) is 21.6 Å². The Kier molecular flexibility index (Phi) is 14.3. The molecule has 3 aromatic carbocycles. The third-order valence-electron chi connectivity index (χ3n) is 8.11. The second-order valence-corrected chi connectivity index (χ2v) is 13.7. The lowest BCUT2D eigenvalue weighted by molar-refractivity contribution is -0.253. The molecule has 15 nitrogen and oxygen atoms in total. The van der Waals surface area contributed by atoms with Gasteiger partial charge in [0.1, 0.15) is 17.7 Å². The zero-order valence-corrected chi connectivity index (χ0v) is 31.1. The van der Waals surface area contributed by atoms with Crippen molar-refractivity contribution in [1.82, 2.24) is 14.6 Å². The number of nitrogens with zero attached hydrogens (tertiary/aromatic N) is 2. The number of hydrogen-bond acceptors (Lipinski definition) is 13. The van der Waals surface area contributed by atoms with Crippen molar-refractivity contribution in [2.45, 2.75) is 57.2 Å². The van der Waals surface area contributed by atoms with Gasteiger partial charge in [-0.1, -0.05) is 60.7 Å². The van der Waals surface area contributed by atoms with Crippen LogP contribution in [0.5, 0.6) is 11.5 Å². The van der Waals surface area contributed by atoms with E-state index in [0.717, 1.165) is 22.0 Å². The van der Waals surface area contributed by atoms with Crippen LogP contribution in [-0.4, -0.2) is 61.2 Å². The Bertz CT molecular complexity index is 2130. The van der Waals surface area contributed by atoms with Crippen LogP contribution in [-0.2, 0) is 48.3 Å². The maximum atomic E-state index is 14.0. The van der Waals surface area contributed by atoms with E-state index in [1.54, 1.807) is 78.9 Å². The number of alkyl halides is 3. The highest BCUT2D eigenvalue weighted by atomic mass is 32.2. The molecule has 0 fully saturated rings. The summed E-state index contributed by atoms with van der Waals surface area (Å²) in [5.41, 5.74) is -2.49. The van der Waals surface area contributed by atoms with Gasteiger partial charge in [-0.15, -0.1) is 0 Å². The molecule has 0 saturated heterocycles. The largest absolute Gasteiger partial charge is 0.523 e. The number of aromatic amines is 1. The number of nitrogens with one attached hydrogen (secondary N) is 1. The number of halogens is 3. The smallest absolute Gasteiger partial charge is 0.497 e. The minimum absolute atomic E-state index is 0.0684. The van der Waals surface area contributed by atoms with Gasteiger partial charge in [0.05, 0.1) is 46.3 Å². The van der Waals surface area contributed by atoms with Crippen molar-refractivity contribution >= 4 is 10.1 Å². The van der Waals surface area contributed by atoms with Crippen molar-refractivity contribution in [3.05, 3.63) is 140 Å². The average molecular weight is 794 g/mol. The van der Waals surface area contributed by atoms with E-state index in [1.807, 2.05) is 0 Å². The molecule has 4 rings (SSSR count). The van der Waals surface area contributed by atoms with Gasteiger partial charge in [-0.25, -0.2) is 14.8 Å². The zero-order chi connectivity index (χ0) is 40.4. The Hall–Kier alpha value is -5.18. The molecule has 1 heterocycles. The Morgan fingerprint density at radius 3 is 2.16 bits per heavy atom. The topological polar surface area (TPSA) is 200 Å². The fourth-order valence-electron chi connectivity index (χ4n) is 5.23. The van der Waals surface area contributed by atoms with Gasteiger partial charge in [-0.3, -0.25) is 14.3 Å². The highest BCUT2D eigenvalue weighted by molar-refractivity contribution is 7.87. The second kappa shape index (κ2) is 18.4. The molecule has 4 aromatic rings. The molecule has 55 heavy (non-hydrogen) atoms. The fraction of sp³-hybridized carbons (Fsp3) is 0.333. The lowest BCUT2D eigenvalue weighted by atomic mass is 9.99. The van der Waals surface area contributed by atoms with Gasteiger partial charge in [0.2, 0.25) is 6.29 Å². The third kappa shape index (κ3) is 11.0. The van der Waals surface area contributed by atoms with Crippen molar-refractivity contribution in [2.75, 3.05) is 20.8 Å². The van der Waals surface area contributed by atoms with Crippen LogP contribution in [0, 0.1) is 6.92 Å². The quantitative estimate of drug-likeness (QED) is 0.0406. The number of aromatic nitrogens is 2. The van der Waals surface area contributed by atoms with Crippen LogP contribution in [0.2, 0.25) is 0 Å². The lowest BCUT2D eigenvalue weighted by Gasteiger charge is -2.41. The van der Waals surface area contributed by atoms with E-state index < -0.39 is 63.9 Å². The first-order chi connectivity index (χ1) is 26.0. The zero-order valence-electron chi connectivity index (χ0n) is 30.3. The average Bonchev–Trinajstić information content (AvgIpc) is 3.14. The van der Waals surface area contributed by atoms with Crippen LogP contribution >= 0.6 is 0 Å². The number of rotatable bonds is 19. The van der Waals surface area contributed by atoms with Gasteiger partial charge in [-0.05, 0) is 37.1 Å². The Morgan fingerprint density at radius 1 is 0.964 bits per heavy atom. The Morgan fingerprint density at radius 2 is 1.58 bits per heavy atom. The van der Waals surface area contributed by atoms with Crippen molar-refractivity contribution in [1.29, 1.82) is 0 Å². The number of hydrogen-bond donors (Lipinski definition) is 3. The molecule has 0 radical (unpaired) electrons. The van der Waals surface area contributed by atoms with Gasteiger partial charge in [0.25, 0.3) is 5.56 Å². The van der Waals surface area contributed by atoms with Gasteiger partial charge >= 0.3 is 21.3 Å². The van der Waals surface area contributed by atoms with Crippen LogP contribution in [0.15, 0.2) is 107 Å². The van der Waals surface area contributed by atoms with E-state index >= 15 is 0 Å². The van der Waals surface area contributed by atoms with E-state index in [9.17, 15) is 31.2 Å². The van der Waals surface area contributed by atoms with Gasteiger partial charge in [0, 0.05) is 29.6 Å². The highest BCUT2D eigenvalue weighted by Gasteiger charge is 2.55. The van der Waals surface area contributed by atoms with Crippen LogP contribution in [0.3, 0.4) is 0 Å². The molecule has 298 valence electrons. The molecule has 0 bridgehead atoms. The van der Waals surface area contributed by atoms with Gasteiger partial charge < -0.3 is 34.4 Å². The molecule has 1 aromatic heterocycles. The summed E-state index contributed by atoms with van der Waals surface area (Å²) in [6.07, 6.45) is -1.87. The summed E-state index contributed by atoms with van der Waals surface area (Å²) >= 11 is 0. The van der Waals surface area contributed by atoms with Crippen LogP contribution < -0.4 is 32.3 Å². The fourth-order valence-corrected chi connectivity index (χ4v) is 5.78. The van der Waals surface area contributed by atoms with Crippen LogP contribution in [0.1, 0.15) is 35.4 Å². The van der Waals surface area contributed by atoms with Crippen LogP contribution in [0.4, 0.5) is 13.2 Å². The molecular formula is C36H42F3N5O10S. The maximum Gasteiger partial charge on any atom is 0.523 e. The molecule has 5 N–H and O–H groups in total. The number of nitrogens with two attached hydrogens (primary N) is 2. The molecule has 3 unspecified atom stereocenters. The van der Waals surface area contributed by atoms with Crippen molar-refractivity contribution in [2.24, 2.45) is 11.6 Å². The molecule has 3 atom stereocenters. The molecular weight excluding hydrogens is 751 g/mol. The normalized spacial score (nSPS) is 14.5. The lowest BCUT2D eigenvalue weighted by Crippen LogP contribution is -2.57. The number of H-pyrrole nitrogens is 1. The van der Waals surface area contributed by atoms with Crippen LogP contribution in [0.25, 0.3) is 0 Å². The summed E-state index contributed by atoms with van der Waals surface area (Å²) in [6, 6.07) is 21.5. The minimum Gasteiger partial charge on any atom is -0.497 e. The minimum atomic E-state index is -6.44. The first-order valence-corrected chi connectivity index (χ1v) is 17.9. The van der Waals surface area contributed by atoms with Crippen molar-refractivity contribution in [3.63, 3.8) is 0 Å². The van der Waals surface area contributed by atoms with E-state index in [0.29, 0.717) is 28.2 Å².